The molecule has 0 bridgehead atoms. The Hall–Kier alpha value is -3.65. The van der Waals surface area contributed by atoms with E-state index in [1.807, 2.05) is 68.6 Å². The third kappa shape index (κ3) is 3.80. The molecular formula is C22H19N3O2. The van der Waals surface area contributed by atoms with Crippen LogP contribution in [0.25, 0.3) is 23.0 Å². The summed E-state index contributed by atoms with van der Waals surface area (Å²) in [6.45, 7) is 4.05. The Kier molecular flexibility index (Phi) is 5.18. The monoisotopic (exact) mass is 357 g/mol. The highest BCUT2D eigenvalue weighted by atomic mass is 16.5. The van der Waals surface area contributed by atoms with Gasteiger partial charge in [-0.25, -0.2) is 9.48 Å². The standard InChI is InChI=1S/C22H19N3O2/c1-15-9-10-20(16(2)11-15)21-18(12-17(13-23)22(26)27-3)14-25(24-21)19-7-5-4-6-8-19/h4-12,14H,1-3H3/b17-12+. The number of esters is 1. The number of benzene rings is 2. The Bertz CT molecular complexity index is 1060. The van der Waals surface area contributed by atoms with Crippen LogP contribution >= 0.6 is 0 Å². The maximum absolute atomic E-state index is 11.8. The number of carbonyl (C=O) groups excluding carboxylic acids is 1. The summed E-state index contributed by atoms with van der Waals surface area (Å²) in [5.74, 6) is -0.670. The summed E-state index contributed by atoms with van der Waals surface area (Å²) in [5, 5.41) is 14.0. The van der Waals surface area contributed by atoms with E-state index in [9.17, 15) is 10.1 Å². The minimum Gasteiger partial charge on any atom is -0.465 e. The van der Waals surface area contributed by atoms with Gasteiger partial charge in [0.05, 0.1) is 12.8 Å². The number of hydrogen-bond donors (Lipinski definition) is 0. The largest absolute Gasteiger partial charge is 0.465 e. The van der Waals surface area contributed by atoms with Gasteiger partial charge in [-0.3, -0.25) is 0 Å². The van der Waals surface area contributed by atoms with Gasteiger partial charge in [-0.1, -0.05) is 42.0 Å². The molecule has 5 nitrogen and oxygen atoms in total. The molecule has 0 amide bonds. The zero-order chi connectivity index (χ0) is 19.4. The average Bonchev–Trinajstić information content (AvgIpc) is 3.09. The zero-order valence-electron chi connectivity index (χ0n) is 15.4. The van der Waals surface area contributed by atoms with Crippen molar-refractivity contribution in [3.63, 3.8) is 0 Å². The molecule has 1 aromatic heterocycles. The van der Waals surface area contributed by atoms with Gasteiger partial charge >= 0.3 is 5.97 Å². The molecule has 0 aliphatic heterocycles. The van der Waals surface area contributed by atoms with E-state index in [0.717, 1.165) is 22.4 Å². The fourth-order valence-corrected chi connectivity index (χ4v) is 2.90. The van der Waals surface area contributed by atoms with Gasteiger partial charge in [0.15, 0.2) is 0 Å². The molecule has 0 saturated carbocycles. The lowest BCUT2D eigenvalue weighted by molar-refractivity contribution is -0.135. The van der Waals surface area contributed by atoms with Crippen molar-refractivity contribution in [1.29, 1.82) is 5.26 Å². The normalized spacial score (nSPS) is 11.1. The first kappa shape index (κ1) is 18.2. The van der Waals surface area contributed by atoms with E-state index in [1.165, 1.54) is 13.2 Å². The van der Waals surface area contributed by atoms with Crippen molar-refractivity contribution in [2.24, 2.45) is 0 Å². The van der Waals surface area contributed by atoms with Crippen molar-refractivity contribution in [3.05, 3.63) is 77.0 Å². The van der Waals surface area contributed by atoms with Gasteiger partial charge < -0.3 is 4.74 Å². The molecule has 3 aromatic rings. The van der Waals surface area contributed by atoms with Gasteiger partial charge in [0.25, 0.3) is 0 Å². The lowest BCUT2D eigenvalue weighted by Crippen LogP contribution is -2.02. The second kappa shape index (κ2) is 7.71. The number of nitrogens with zero attached hydrogens (tertiary/aromatic N) is 3. The predicted octanol–water partition coefficient (Wildman–Crippen LogP) is 4.24. The fourth-order valence-electron chi connectivity index (χ4n) is 2.90. The van der Waals surface area contributed by atoms with Crippen LogP contribution in [0.5, 0.6) is 0 Å². The quantitative estimate of drug-likeness (QED) is 0.398. The van der Waals surface area contributed by atoms with E-state index in [4.69, 9.17) is 9.84 Å². The molecule has 0 aliphatic rings. The Balaban J connectivity index is 2.21. The van der Waals surface area contributed by atoms with Gasteiger partial charge in [0, 0.05) is 17.3 Å². The topological polar surface area (TPSA) is 67.9 Å². The summed E-state index contributed by atoms with van der Waals surface area (Å²) < 4.78 is 6.44. The number of hydrogen-bond acceptors (Lipinski definition) is 4. The van der Waals surface area contributed by atoms with Crippen LogP contribution < -0.4 is 0 Å². The average molecular weight is 357 g/mol. The van der Waals surface area contributed by atoms with Gasteiger partial charge in [-0.05, 0) is 37.6 Å². The zero-order valence-corrected chi connectivity index (χ0v) is 15.4. The van der Waals surface area contributed by atoms with Gasteiger partial charge in [0.2, 0.25) is 0 Å². The second-order valence-corrected chi connectivity index (χ2v) is 6.19. The summed E-state index contributed by atoms with van der Waals surface area (Å²) in [6.07, 6.45) is 3.33. The smallest absolute Gasteiger partial charge is 0.348 e. The summed E-state index contributed by atoms with van der Waals surface area (Å²) in [5.41, 5.74) is 5.36. The highest BCUT2D eigenvalue weighted by molar-refractivity contribution is 5.98. The highest BCUT2D eigenvalue weighted by Crippen LogP contribution is 2.29. The van der Waals surface area contributed by atoms with Crippen LogP contribution in [0.3, 0.4) is 0 Å². The van der Waals surface area contributed by atoms with Crippen LogP contribution in [0.2, 0.25) is 0 Å². The van der Waals surface area contributed by atoms with Crippen molar-refractivity contribution in [1.82, 2.24) is 9.78 Å². The Morgan fingerprint density at radius 2 is 1.93 bits per heavy atom. The maximum atomic E-state index is 11.8. The van der Waals surface area contributed by atoms with Crippen molar-refractivity contribution in [2.45, 2.75) is 13.8 Å². The number of methoxy groups -OCH3 is 1. The van der Waals surface area contributed by atoms with Crippen LogP contribution in [-0.4, -0.2) is 22.9 Å². The molecule has 134 valence electrons. The van der Waals surface area contributed by atoms with Crippen LogP contribution in [0, 0.1) is 25.2 Å². The first-order chi connectivity index (χ1) is 13.0. The molecule has 3 rings (SSSR count). The lowest BCUT2D eigenvalue weighted by Gasteiger charge is -2.06. The van der Waals surface area contributed by atoms with Crippen LogP contribution in [0.4, 0.5) is 0 Å². The van der Waals surface area contributed by atoms with Crippen LogP contribution in [0.1, 0.15) is 16.7 Å². The number of para-hydroxylation sites is 1. The molecule has 0 fully saturated rings. The van der Waals surface area contributed by atoms with E-state index in [2.05, 4.69) is 6.07 Å². The third-order valence-corrected chi connectivity index (χ3v) is 4.23. The number of nitriles is 1. The molecule has 0 unspecified atom stereocenters. The van der Waals surface area contributed by atoms with Crippen molar-refractivity contribution >= 4 is 12.0 Å². The molecule has 5 heteroatoms. The van der Waals surface area contributed by atoms with E-state index in [0.29, 0.717) is 11.3 Å². The molecule has 0 radical (unpaired) electrons. The molecule has 0 N–H and O–H groups in total. The number of carbonyl (C=O) groups is 1. The molecular weight excluding hydrogens is 338 g/mol. The van der Waals surface area contributed by atoms with Gasteiger partial charge in [-0.2, -0.15) is 10.4 Å². The van der Waals surface area contributed by atoms with E-state index < -0.39 is 5.97 Å². The van der Waals surface area contributed by atoms with Crippen molar-refractivity contribution in [2.75, 3.05) is 7.11 Å². The first-order valence-electron chi connectivity index (χ1n) is 8.46. The van der Waals surface area contributed by atoms with Crippen LogP contribution in [-0.2, 0) is 9.53 Å². The van der Waals surface area contributed by atoms with Crippen LogP contribution in [0.15, 0.2) is 60.3 Å². The van der Waals surface area contributed by atoms with Gasteiger partial charge in [0.1, 0.15) is 17.3 Å². The maximum Gasteiger partial charge on any atom is 0.348 e. The summed E-state index contributed by atoms with van der Waals surface area (Å²) in [7, 11) is 1.26. The van der Waals surface area contributed by atoms with E-state index in [1.54, 1.807) is 4.68 Å². The minimum atomic E-state index is -0.670. The fraction of sp³-hybridized carbons (Fsp3) is 0.136. The van der Waals surface area contributed by atoms with Crippen molar-refractivity contribution < 1.29 is 9.53 Å². The molecule has 2 aromatic carbocycles. The Morgan fingerprint density at radius 3 is 2.56 bits per heavy atom. The highest BCUT2D eigenvalue weighted by Gasteiger charge is 2.16. The number of aryl methyl sites for hydroxylation is 2. The minimum absolute atomic E-state index is 0.0730. The SMILES string of the molecule is COC(=O)/C(C#N)=C/c1cn(-c2ccccc2)nc1-c1ccc(C)cc1C. The number of rotatable bonds is 4. The van der Waals surface area contributed by atoms with Crippen molar-refractivity contribution in [3.8, 4) is 23.0 Å². The summed E-state index contributed by atoms with van der Waals surface area (Å²) in [6, 6.07) is 17.7. The summed E-state index contributed by atoms with van der Waals surface area (Å²) in [4.78, 5) is 11.8. The number of aromatic nitrogens is 2. The Labute approximate surface area is 158 Å². The predicted molar refractivity (Wildman–Crippen MR) is 104 cm³/mol. The first-order valence-corrected chi connectivity index (χ1v) is 8.46. The molecule has 0 saturated heterocycles. The Morgan fingerprint density at radius 1 is 1.19 bits per heavy atom. The number of ether oxygens (including phenoxy) is 1. The lowest BCUT2D eigenvalue weighted by atomic mass is 10.00. The molecule has 0 spiro atoms. The third-order valence-electron chi connectivity index (χ3n) is 4.23. The second-order valence-electron chi connectivity index (χ2n) is 6.19. The molecule has 0 atom stereocenters. The summed E-state index contributed by atoms with van der Waals surface area (Å²) >= 11 is 0. The molecule has 1 heterocycles. The van der Waals surface area contributed by atoms with E-state index in [-0.39, 0.29) is 5.57 Å². The van der Waals surface area contributed by atoms with Gasteiger partial charge in [-0.15, -0.1) is 0 Å². The molecule has 0 aliphatic carbocycles. The molecule has 27 heavy (non-hydrogen) atoms. The van der Waals surface area contributed by atoms with E-state index >= 15 is 0 Å².